The van der Waals surface area contributed by atoms with E-state index in [1.54, 1.807) is 6.33 Å². The highest BCUT2D eigenvalue weighted by Crippen LogP contribution is 2.12. The third-order valence-electron chi connectivity index (χ3n) is 2.63. The Morgan fingerprint density at radius 2 is 2.27 bits per heavy atom. The van der Waals surface area contributed by atoms with E-state index in [4.69, 9.17) is 0 Å². The molecule has 0 aliphatic rings. The zero-order valence-electron chi connectivity index (χ0n) is 9.87. The van der Waals surface area contributed by atoms with Crippen molar-refractivity contribution in [3.8, 4) is 0 Å². The number of nitrogens with one attached hydrogen (secondary N) is 1. The molecule has 0 aliphatic carbocycles. The van der Waals surface area contributed by atoms with Gasteiger partial charge in [0.05, 0.1) is 12.0 Å². The van der Waals surface area contributed by atoms with Crippen LogP contribution in [0, 0.1) is 13.8 Å². The number of aromatic nitrogens is 2. The molecule has 1 unspecified atom stereocenters. The average molecular weight is 209 g/mol. The molecule has 0 saturated heterocycles. The molecule has 1 aromatic rings. The Balaban J connectivity index is 2.71. The number of hydrogen-bond acceptors (Lipinski definition) is 2. The Kier molecular flexibility index (Phi) is 3.88. The van der Waals surface area contributed by atoms with Crippen LogP contribution in [0.15, 0.2) is 6.33 Å². The summed E-state index contributed by atoms with van der Waals surface area (Å²) in [7, 11) is 0. The van der Waals surface area contributed by atoms with E-state index in [1.807, 2.05) is 32.3 Å². The molecule has 1 atom stereocenters. The summed E-state index contributed by atoms with van der Waals surface area (Å²) >= 11 is 0. The minimum Gasteiger partial charge on any atom is -0.354 e. The van der Waals surface area contributed by atoms with Crippen LogP contribution in [0.2, 0.25) is 0 Å². The fraction of sp³-hybridized carbons (Fsp3) is 0.636. The highest BCUT2D eigenvalue weighted by atomic mass is 16.2. The van der Waals surface area contributed by atoms with Crippen LogP contribution in [0.5, 0.6) is 0 Å². The molecule has 84 valence electrons. The molecule has 0 aliphatic heterocycles. The summed E-state index contributed by atoms with van der Waals surface area (Å²) in [5.41, 5.74) is 2.03. The lowest BCUT2D eigenvalue weighted by Gasteiger charge is -2.14. The standard InChI is InChI=1S/C11H19N3O/c1-5-6-12-11(15)10(4)14-7-13-8(2)9(14)3/h7,10H,5-6H2,1-4H3,(H,12,15). The lowest BCUT2D eigenvalue weighted by molar-refractivity contribution is -0.123. The predicted molar refractivity (Wildman–Crippen MR) is 59.7 cm³/mol. The fourth-order valence-corrected chi connectivity index (χ4v) is 1.43. The maximum absolute atomic E-state index is 11.7. The smallest absolute Gasteiger partial charge is 0.242 e. The number of carbonyl (C=O) groups is 1. The van der Waals surface area contributed by atoms with Gasteiger partial charge in [-0.3, -0.25) is 4.79 Å². The first-order chi connectivity index (χ1) is 7.07. The highest BCUT2D eigenvalue weighted by Gasteiger charge is 2.16. The van der Waals surface area contributed by atoms with Crippen molar-refractivity contribution in [1.82, 2.24) is 14.9 Å². The first-order valence-corrected chi connectivity index (χ1v) is 5.35. The Labute approximate surface area is 90.7 Å². The topological polar surface area (TPSA) is 46.9 Å². The van der Waals surface area contributed by atoms with E-state index < -0.39 is 0 Å². The minimum absolute atomic E-state index is 0.0531. The van der Waals surface area contributed by atoms with Crippen molar-refractivity contribution >= 4 is 5.91 Å². The molecule has 0 aromatic carbocycles. The van der Waals surface area contributed by atoms with Gasteiger partial charge in [-0.2, -0.15) is 0 Å². The van der Waals surface area contributed by atoms with Crippen molar-refractivity contribution in [2.45, 2.75) is 40.2 Å². The molecule has 0 bridgehead atoms. The molecule has 1 heterocycles. The molecule has 0 saturated carbocycles. The van der Waals surface area contributed by atoms with E-state index in [0.29, 0.717) is 0 Å². The number of carbonyl (C=O) groups excluding carboxylic acids is 1. The summed E-state index contributed by atoms with van der Waals surface area (Å²) in [6.07, 6.45) is 2.68. The average Bonchev–Trinajstić information content (AvgIpc) is 2.55. The van der Waals surface area contributed by atoms with Crippen molar-refractivity contribution < 1.29 is 4.79 Å². The van der Waals surface area contributed by atoms with E-state index in [1.165, 1.54) is 0 Å². The fourth-order valence-electron chi connectivity index (χ4n) is 1.43. The van der Waals surface area contributed by atoms with Gasteiger partial charge in [-0.25, -0.2) is 4.98 Å². The largest absolute Gasteiger partial charge is 0.354 e. The number of amides is 1. The maximum Gasteiger partial charge on any atom is 0.242 e. The minimum atomic E-state index is -0.183. The van der Waals surface area contributed by atoms with Crippen LogP contribution in [-0.4, -0.2) is 22.0 Å². The third-order valence-corrected chi connectivity index (χ3v) is 2.63. The molecule has 1 rings (SSSR count). The van der Waals surface area contributed by atoms with Gasteiger partial charge in [0.25, 0.3) is 0 Å². The van der Waals surface area contributed by atoms with Gasteiger partial charge in [0.1, 0.15) is 6.04 Å². The summed E-state index contributed by atoms with van der Waals surface area (Å²) in [6.45, 7) is 8.58. The van der Waals surface area contributed by atoms with Gasteiger partial charge in [0.2, 0.25) is 5.91 Å². The predicted octanol–water partition coefficient (Wildman–Crippen LogP) is 1.59. The van der Waals surface area contributed by atoms with E-state index in [-0.39, 0.29) is 11.9 Å². The lowest BCUT2D eigenvalue weighted by Crippen LogP contribution is -2.31. The monoisotopic (exact) mass is 209 g/mol. The Morgan fingerprint density at radius 1 is 1.60 bits per heavy atom. The summed E-state index contributed by atoms with van der Waals surface area (Å²) in [6, 6.07) is -0.183. The van der Waals surface area contributed by atoms with Gasteiger partial charge in [-0.05, 0) is 27.2 Å². The van der Waals surface area contributed by atoms with Crippen LogP contribution in [0.25, 0.3) is 0 Å². The summed E-state index contributed by atoms with van der Waals surface area (Å²) in [4.78, 5) is 15.9. The molecular formula is C11H19N3O. The third kappa shape index (κ3) is 2.58. The van der Waals surface area contributed by atoms with Gasteiger partial charge in [-0.15, -0.1) is 0 Å². The van der Waals surface area contributed by atoms with Gasteiger partial charge in [0.15, 0.2) is 0 Å². The number of rotatable bonds is 4. The van der Waals surface area contributed by atoms with Crippen LogP contribution < -0.4 is 5.32 Å². The van der Waals surface area contributed by atoms with Crippen molar-refractivity contribution in [1.29, 1.82) is 0 Å². The quantitative estimate of drug-likeness (QED) is 0.818. The van der Waals surface area contributed by atoms with Crippen LogP contribution in [-0.2, 0) is 4.79 Å². The molecule has 1 aromatic heterocycles. The summed E-state index contributed by atoms with van der Waals surface area (Å²) < 4.78 is 1.90. The van der Waals surface area contributed by atoms with E-state index >= 15 is 0 Å². The second kappa shape index (κ2) is 4.96. The number of imidazole rings is 1. The van der Waals surface area contributed by atoms with Crippen molar-refractivity contribution in [3.63, 3.8) is 0 Å². The highest BCUT2D eigenvalue weighted by molar-refractivity contribution is 5.79. The van der Waals surface area contributed by atoms with E-state index in [2.05, 4.69) is 10.3 Å². The lowest BCUT2D eigenvalue weighted by atomic mass is 10.2. The molecule has 15 heavy (non-hydrogen) atoms. The molecule has 0 radical (unpaired) electrons. The van der Waals surface area contributed by atoms with Crippen molar-refractivity contribution in [3.05, 3.63) is 17.7 Å². The number of aryl methyl sites for hydroxylation is 1. The van der Waals surface area contributed by atoms with Crippen LogP contribution in [0.1, 0.15) is 37.7 Å². The molecule has 1 amide bonds. The first kappa shape index (κ1) is 11.8. The van der Waals surface area contributed by atoms with Gasteiger partial charge in [-0.1, -0.05) is 6.92 Å². The molecule has 0 fully saturated rings. The Morgan fingerprint density at radius 3 is 2.73 bits per heavy atom. The van der Waals surface area contributed by atoms with Crippen molar-refractivity contribution in [2.75, 3.05) is 6.54 Å². The second-order valence-electron chi connectivity index (χ2n) is 3.79. The molecule has 4 nitrogen and oxygen atoms in total. The number of hydrogen-bond donors (Lipinski definition) is 1. The van der Waals surface area contributed by atoms with Gasteiger partial charge in [0, 0.05) is 12.2 Å². The molecule has 4 heteroatoms. The zero-order chi connectivity index (χ0) is 11.4. The normalized spacial score (nSPS) is 12.5. The molecule has 1 N–H and O–H groups in total. The van der Waals surface area contributed by atoms with Gasteiger partial charge >= 0.3 is 0 Å². The SMILES string of the molecule is CCCNC(=O)C(C)n1cnc(C)c1C. The Bertz CT molecular complexity index is 344. The molecule has 0 spiro atoms. The first-order valence-electron chi connectivity index (χ1n) is 5.35. The molecular weight excluding hydrogens is 190 g/mol. The maximum atomic E-state index is 11.7. The zero-order valence-corrected chi connectivity index (χ0v) is 9.87. The summed E-state index contributed by atoms with van der Waals surface area (Å²) in [5, 5.41) is 2.88. The van der Waals surface area contributed by atoms with Crippen LogP contribution in [0.4, 0.5) is 0 Å². The number of nitrogens with zero attached hydrogens (tertiary/aromatic N) is 2. The van der Waals surface area contributed by atoms with E-state index in [0.717, 1.165) is 24.4 Å². The summed E-state index contributed by atoms with van der Waals surface area (Å²) in [5.74, 6) is 0.0531. The van der Waals surface area contributed by atoms with Crippen molar-refractivity contribution in [2.24, 2.45) is 0 Å². The van der Waals surface area contributed by atoms with Crippen LogP contribution >= 0.6 is 0 Å². The second-order valence-corrected chi connectivity index (χ2v) is 3.79. The van der Waals surface area contributed by atoms with Crippen LogP contribution in [0.3, 0.4) is 0 Å². The Hall–Kier alpha value is -1.32. The van der Waals surface area contributed by atoms with E-state index in [9.17, 15) is 4.79 Å². The van der Waals surface area contributed by atoms with Gasteiger partial charge < -0.3 is 9.88 Å².